The zero-order valence-corrected chi connectivity index (χ0v) is 14.9. The molecule has 3 rings (SSSR count). The van der Waals surface area contributed by atoms with Gasteiger partial charge in [0.15, 0.2) is 0 Å². The van der Waals surface area contributed by atoms with Gasteiger partial charge in [0, 0.05) is 25.2 Å². The van der Waals surface area contributed by atoms with Crippen LogP contribution in [-0.4, -0.2) is 30.6 Å². The molecule has 0 atom stereocenters. The lowest BCUT2D eigenvalue weighted by Crippen LogP contribution is -2.44. The topological polar surface area (TPSA) is 51.2 Å². The van der Waals surface area contributed by atoms with Gasteiger partial charge in [0.1, 0.15) is 16.7 Å². The van der Waals surface area contributed by atoms with E-state index >= 15 is 0 Å². The molecule has 1 aliphatic rings. The lowest BCUT2D eigenvalue weighted by atomic mass is 9.74. The summed E-state index contributed by atoms with van der Waals surface area (Å²) in [7, 11) is 0. The normalized spacial score (nSPS) is 16.4. The molecule has 1 fully saturated rings. The lowest BCUT2D eigenvalue weighted by molar-refractivity contribution is 0.0486. The van der Waals surface area contributed by atoms with Crippen LogP contribution in [0.15, 0.2) is 36.4 Å². The zero-order chi connectivity index (χ0) is 17.9. The van der Waals surface area contributed by atoms with Crippen molar-refractivity contribution in [3.63, 3.8) is 0 Å². The summed E-state index contributed by atoms with van der Waals surface area (Å²) in [5.41, 5.74) is 0.755. The first kappa shape index (κ1) is 18.1. The van der Waals surface area contributed by atoms with Crippen molar-refractivity contribution in [3.05, 3.63) is 63.6 Å². The lowest BCUT2D eigenvalue weighted by Gasteiger charge is -2.38. The average Bonchev–Trinajstić information content (AvgIpc) is 2.63. The predicted octanol–water partition coefficient (Wildman–Crippen LogP) is 4.01. The molecule has 0 spiro atoms. The summed E-state index contributed by atoms with van der Waals surface area (Å²) < 4.78 is 18.7. The van der Waals surface area contributed by atoms with Crippen molar-refractivity contribution in [1.29, 1.82) is 0 Å². The minimum absolute atomic E-state index is 0.0930. The highest BCUT2D eigenvalue weighted by Crippen LogP contribution is 2.34. The van der Waals surface area contributed by atoms with E-state index in [1.807, 2.05) is 0 Å². The van der Waals surface area contributed by atoms with Crippen LogP contribution in [0.2, 0.25) is 10.2 Å². The minimum atomic E-state index is -0.388. The Morgan fingerprint density at radius 3 is 2.52 bits per heavy atom. The molecule has 0 bridgehead atoms. The van der Waals surface area contributed by atoms with E-state index in [0.29, 0.717) is 19.8 Å². The highest BCUT2D eigenvalue weighted by Gasteiger charge is 2.35. The summed E-state index contributed by atoms with van der Waals surface area (Å²) in [5, 5.41) is 3.34. The van der Waals surface area contributed by atoms with Crippen LogP contribution < -0.4 is 5.32 Å². The Balaban J connectivity index is 1.80. The van der Waals surface area contributed by atoms with Crippen molar-refractivity contribution in [3.8, 4) is 0 Å². The number of carbonyl (C=O) groups excluding carboxylic acids is 1. The average molecular weight is 383 g/mol. The zero-order valence-electron chi connectivity index (χ0n) is 13.4. The summed E-state index contributed by atoms with van der Waals surface area (Å²) >= 11 is 11.9. The molecule has 0 aliphatic carbocycles. The second kappa shape index (κ2) is 7.68. The maximum Gasteiger partial charge on any atom is 0.271 e. The van der Waals surface area contributed by atoms with Gasteiger partial charge in [0.2, 0.25) is 0 Å². The van der Waals surface area contributed by atoms with Crippen molar-refractivity contribution in [1.82, 2.24) is 10.3 Å². The number of pyridine rings is 1. The molecule has 1 N–H and O–H groups in total. The maximum absolute atomic E-state index is 13.3. The Kier molecular flexibility index (Phi) is 5.57. The van der Waals surface area contributed by atoms with E-state index < -0.39 is 0 Å². The van der Waals surface area contributed by atoms with E-state index in [2.05, 4.69) is 10.3 Å². The van der Waals surface area contributed by atoms with Crippen LogP contribution >= 0.6 is 23.2 Å². The Hall–Kier alpha value is -1.69. The second-order valence-corrected chi connectivity index (χ2v) is 6.84. The molecule has 132 valence electrons. The van der Waals surface area contributed by atoms with Crippen LogP contribution in [0, 0.1) is 5.82 Å². The van der Waals surface area contributed by atoms with E-state index in [1.54, 1.807) is 12.1 Å². The number of carbonyl (C=O) groups is 1. The largest absolute Gasteiger partial charge is 0.381 e. The maximum atomic E-state index is 13.3. The number of aromatic nitrogens is 1. The standard InChI is InChI=1S/C18H17Cl2FN2O2/c19-14-5-6-15(20)23-16(14)17(24)22-11-18(7-9-25-10-8-18)12-1-3-13(21)4-2-12/h1-6H,7-11H2,(H,22,24). The molecular formula is C18H17Cl2FN2O2. The van der Waals surface area contributed by atoms with Crippen molar-refractivity contribution < 1.29 is 13.9 Å². The monoisotopic (exact) mass is 382 g/mol. The van der Waals surface area contributed by atoms with Gasteiger partial charge in [-0.1, -0.05) is 35.3 Å². The van der Waals surface area contributed by atoms with Gasteiger partial charge >= 0.3 is 0 Å². The molecule has 0 saturated carbocycles. The van der Waals surface area contributed by atoms with Crippen molar-refractivity contribution >= 4 is 29.1 Å². The van der Waals surface area contributed by atoms with Crippen molar-refractivity contribution in [2.75, 3.05) is 19.8 Å². The van der Waals surface area contributed by atoms with Crippen LogP contribution in [0.25, 0.3) is 0 Å². The van der Waals surface area contributed by atoms with E-state index in [1.165, 1.54) is 24.3 Å². The molecule has 1 aromatic heterocycles. The van der Waals surface area contributed by atoms with Crippen LogP contribution in [-0.2, 0) is 10.2 Å². The third-order valence-corrected chi connectivity index (χ3v) is 5.04. The first-order chi connectivity index (χ1) is 12.0. The summed E-state index contributed by atoms with van der Waals surface area (Å²) in [6, 6.07) is 9.46. The second-order valence-electron chi connectivity index (χ2n) is 6.05. The molecule has 0 unspecified atom stereocenters. The third-order valence-electron chi connectivity index (χ3n) is 4.52. The molecular weight excluding hydrogens is 366 g/mol. The summed E-state index contributed by atoms with van der Waals surface area (Å²) in [4.78, 5) is 16.5. The number of nitrogens with zero attached hydrogens (tertiary/aromatic N) is 1. The molecule has 0 radical (unpaired) electrons. The van der Waals surface area contributed by atoms with Crippen LogP contribution in [0.4, 0.5) is 4.39 Å². The highest BCUT2D eigenvalue weighted by molar-refractivity contribution is 6.34. The van der Waals surface area contributed by atoms with E-state index in [9.17, 15) is 9.18 Å². The van der Waals surface area contributed by atoms with Gasteiger partial charge in [-0.2, -0.15) is 0 Å². The number of ether oxygens (including phenoxy) is 1. The van der Waals surface area contributed by atoms with Gasteiger partial charge < -0.3 is 10.1 Å². The van der Waals surface area contributed by atoms with Crippen LogP contribution in [0.3, 0.4) is 0 Å². The predicted molar refractivity (Wildman–Crippen MR) is 94.7 cm³/mol. The first-order valence-electron chi connectivity index (χ1n) is 7.94. The number of amides is 1. The molecule has 4 nitrogen and oxygen atoms in total. The van der Waals surface area contributed by atoms with Gasteiger partial charge in [0.25, 0.3) is 5.91 Å². The number of benzene rings is 1. The molecule has 1 saturated heterocycles. The SMILES string of the molecule is O=C(NCC1(c2ccc(F)cc2)CCOCC1)c1nc(Cl)ccc1Cl. The van der Waals surface area contributed by atoms with Gasteiger partial charge in [0.05, 0.1) is 5.02 Å². The number of hydrogen-bond acceptors (Lipinski definition) is 3. The fraction of sp³-hybridized carbons (Fsp3) is 0.333. The van der Waals surface area contributed by atoms with Gasteiger partial charge in [-0.3, -0.25) is 4.79 Å². The smallest absolute Gasteiger partial charge is 0.271 e. The van der Waals surface area contributed by atoms with Gasteiger partial charge in [-0.05, 0) is 42.7 Å². The number of rotatable bonds is 4. The summed E-state index contributed by atoms with van der Waals surface area (Å²) in [6.45, 7) is 1.55. The molecule has 1 aromatic carbocycles. The molecule has 7 heteroatoms. The van der Waals surface area contributed by atoms with Crippen LogP contribution in [0.1, 0.15) is 28.9 Å². The Labute approximate surface area is 155 Å². The Morgan fingerprint density at radius 1 is 1.16 bits per heavy atom. The van der Waals surface area contributed by atoms with Gasteiger partial charge in [-0.25, -0.2) is 9.37 Å². The Morgan fingerprint density at radius 2 is 1.84 bits per heavy atom. The fourth-order valence-corrected chi connectivity index (χ4v) is 3.38. The molecule has 25 heavy (non-hydrogen) atoms. The van der Waals surface area contributed by atoms with Crippen molar-refractivity contribution in [2.24, 2.45) is 0 Å². The van der Waals surface area contributed by atoms with Crippen LogP contribution in [0.5, 0.6) is 0 Å². The van der Waals surface area contributed by atoms with E-state index in [0.717, 1.165) is 18.4 Å². The molecule has 1 amide bonds. The summed E-state index contributed by atoms with van der Waals surface area (Å²) in [5.74, 6) is -0.676. The Bertz CT molecular complexity index is 762. The number of halogens is 3. The molecule has 2 aromatic rings. The highest BCUT2D eigenvalue weighted by atomic mass is 35.5. The quantitative estimate of drug-likeness (QED) is 0.812. The third kappa shape index (κ3) is 4.11. The number of nitrogens with one attached hydrogen (secondary N) is 1. The minimum Gasteiger partial charge on any atom is -0.381 e. The van der Waals surface area contributed by atoms with Gasteiger partial charge in [-0.15, -0.1) is 0 Å². The van der Waals surface area contributed by atoms with E-state index in [-0.39, 0.29) is 33.0 Å². The molecule has 2 heterocycles. The van der Waals surface area contributed by atoms with Crippen molar-refractivity contribution in [2.45, 2.75) is 18.3 Å². The molecule has 1 aliphatic heterocycles. The fourth-order valence-electron chi connectivity index (χ4n) is 3.04. The number of hydrogen-bond donors (Lipinski definition) is 1. The first-order valence-corrected chi connectivity index (χ1v) is 8.70. The van der Waals surface area contributed by atoms with E-state index in [4.69, 9.17) is 27.9 Å². The summed E-state index contributed by atoms with van der Waals surface area (Å²) in [6.07, 6.45) is 1.46.